The second-order valence-corrected chi connectivity index (χ2v) is 7.62. The minimum Gasteiger partial charge on any atom is -0.368 e. The van der Waals surface area contributed by atoms with Crippen molar-refractivity contribution in [2.45, 2.75) is 65.0 Å². The summed E-state index contributed by atoms with van der Waals surface area (Å²) >= 11 is 0. The van der Waals surface area contributed by atoms with Crippen LogP contribution in [0.15, 0.2) is 30.3 Å². The molecule has 27 heavy (non-hydrogen) atoms. The monoisotopic (exact) mass is 367 g/mol. The van der Waals surface area contributed by atoms with Gasteiger partial charge in [0.2, 0.25) is 5.95 Å². The van der Waals surface area contributed by atoms with Gasteiger partial charge in [0, 0.05) is 25.1 Å². The van der Waals surface area contributed by atoms with Gasteiger partial charge in [-0.1, -0.05) is 44.5 Å². The second-order valence-electron chi connectivity index (χ2n) is 7.62. The lowest BCUT2D eigenvalue weighted by molar-refractivity contribution is 0.331. The van der Waals surface area contributed by atoms with Crippen LogP contribution in [0.3, 0.4) is 0 Å². The summed E-state index contributed by atoms with van der Waals surface area (Å²) in [7, 11) is 0. The van der Waals surface area contributed by atoms with E-state index in [1.54, 1.807) is 0 Å². The van der Waals surface area contributed by atoms with Crippen LogP contribution in [0.1, 0.15) is 62.8 Å². The number of hydrogen-bond acceptors (Lipinski definition) is 5. The van der Waals surface area contributed by atoms with E-state index in [-0.39, 0.29) is 0 Å². The first-order valence-corrected chi connectivity index (χ1v) is 10.4. The molecule has 1 atom stereocenters. The number of rotatable bonds is 9. The maximum Gasteiger partial charge on any atom is 0.222 e. The van der Waals surface area contributed by atoms with E-state index >= 15 is 0 Å². The Balaban J connectivity index is 1.64. The molecule has 3 rings (SSSR count). The number of hydrogen-bond donors (Lipinski definition) is 2. The molecule has 1 fully saturated rings. The summed E-state index contributed by atoms with van der Waals surface area (Å²) in [5.74, 6) is 1.18. The molecule has 1 aromatic carbocycles. The highest BCUT2D eigenvalue weighted by Crippen LogP contribution is 2.17. The summed E-state index contributed by atoms with van der Waals surface area (Å²) in [5.41, 5.74) is 9.55. The normalized spacial score (nSPS) is 15.8. The van der Waals surface area contributed by atoms with Gasteiger partial charge in [0.25, 0.3) is 0 Å². The molecular formula is C22H33N5. The van der Waals surface area contributed by atoms with E-state index in [1.807, 2.05) is 6.07 Å². The Morgan fingerprint density at radius 2 is 1.78 bits per heavy atom. The fourth-order valence-electron chi connectivity index (χ4n) is 3.79. The van der Waals surface area contributed by atoms with Gasteiger partial charge < -0.3 is 11.1 Å². The first kappa shape index (κ1) is 19.6. The molecule has 5 heteroatoms. The summed E-state index contributed by atoms with van der Waals surface area (Å²) in [4.78, 5) is 11.3. The quantitative estimate of drug-likeness (QED) is 0.694. The van der Waals surface area contributed by atoms with Gasteiger partial charge in [-0.3, -0.25) is 4.90 Å². The maximum atomic E-state index is 5.95. The number of nitrogens with two attached hydrogens (primary N) is 1. The van der Waals surface area contributed by atoms with Gasteiger partial charge >= 0.3 is 0 Å². The second kappa shape index (κ2) is 9.70. The number of nitrogens with zero attached hydrogens (tertiary/aromatic N) is 3. The molecule has 3 N–H and O–H groups in total. The Bertz CT molecular complexity index is 707. The molecule has 146 valence electrons. The fraction of sp³-hybridized carbons (Fsp3) is 0.545. The Morgan fingerprint density at radius 3 is 2.44 bits per heavy atom. The van der Waals surface area contributed by atoms with Crippen LogP contribution in [-0.2, 0) is 13.0 Å². The number of nitrogen functional groups attached to an aromatic ring is 1. The van der Waals surface area contributed by atoms with E-state index < -0.39 is 0 Å². The van der Waals surface area contributed by atoms with Crippen LogP contribution >= 0.6 is 0 Å². The van der Waals surface area contributed by atoms with E-state index in [1.165, 1.54) is 37.1 Å². The summed E-state index contributed by atoms with van der Waals surface area (Å²) in [6, 6.07) is 11.4. The van der Waals surface area contributed by atoms with Gasteiger partial charge in [0.05, 0.1) is 5.69 Å². The molecule has 0 amide bonds. The molecule has 1 aliphatic rings. The van der Waals surface area contributed by atoms with Crippen LogP contribution in [0.5, 0.6) is 0 Å². The first-order valence-electron chi connectivity index (χ1n) is 10.4. The average molecular weight is 368 g/mol. The van der Waals surface area contributed by atoms with Crippen molar-refractivity contribution in [2.75, 3.05) is 24.1 Å². The van der Waals surface area contributed by atoms with Crippen LogP contribution < -0.4 is 11.1 Å². The molecule has 1 saturated heterocycles. The van der Waals surface area contributed by atoms with E-state index in [0.717, 1.165) is 43.7 Å². The SMILES string of the molecule is CCC[C@@H](CC)Nc1cc(Cc2ccc(CN3CCCC3)cc2)nc(N)n1. The molecule has 0 aliphatic carbocycles. The third-order valence-electron chi connectivity index (χ3n) is 5.29. The van der Waals surface area contributed by atoms with Crippen molar-refractivity contribution >= 4 is 11.8 Å². The molecule has 2 aromatic rings. The van der Waals surface area contributed by atoms with Crippen molar-refractivity contribution < 1.29 is 0 Å². The third-order valence-corrected chi connectivity index (χ3v) is 5.29. The van der Waals surface area contributed by atoms with E-state index in [2.05, 4.69) is 58.3 Å². The van der Waals surface area contributed by atoms with Crippen LogP contribution in [0.25, 0.3) is 0 Å². The Hall–Kier alpha value is -2.14. The molecule has 1 aliphatic heterocycles. The highest BCUT2D eigenvalue weighted by atomic mass is 15.1. The van der Waals surface area contributed by atoms with Crippen LogP contribution in [-0.4, -0.2) is 34.0 Å². The van der Waals surface area contributed by atoms with Gasteiger partial charge in [-0.2, -0.15) is 4.98 Å². The number of likely N-dealkylation sites (tertiary alicyclic amines) is 1. The van der Waals surface area contributed by atoms with Crippen LogP contribution in [0.2, 0.25) is 0 Å². The number of aromatic nitrogens is 2. The smallest absolute Gasteiger partial charge is 0.222 e. The summed E-state index contributed by atoms with van der Waals surface area (Å²) in [5, 5.41) is 3.51. The molecule has 0 spiro atoms. The van der Waals surface area contributed by atoms with Crippen molar-refractivity contribution in [1.29, 1.82) is 0 Å². The van der Waals surface area contributed by atoms with Crippen molar-refractivity contribution in [3.05, 3.63) is 47.2 Å². The van der Waals surface area contributed by atoms with Crippen molar-refractivity contribution in [1.82, 2.24) is 14.9 Å². The van der Waals surface area contributed by atoms with Gasteiger partial charge in [-0.25, -0.2) is 4.98 Å². The molecule has 2 heterocycles. The molecule has 0 saturated carbocycles. The summed E-state index contributed by atoms with van der Waals surface area (Å²) in [6.07, 6.45) is 6.81. The first-order chi connectivity index (χ1) is 13.2. The van der Waals surface area contributed by atoms with E-state index in [9.17, 15) is 0 Å². The number of benzene rings is 1. The molecular weight excluding hydrogens is 334 g/mol. The molecule has 1 aromatic heterocycles. The van der Waals surface area contributed by atoms with Crippen molar-refractivity contribution in [3.63, 3.8) is 0 Å². The standard InChI is InChI=1S/C22H33N5/c1-3-7-19(4-2)24-21-15-20(25-22(23)26-21)14-17-8-10-18(11-9-17)16-27-12-5-6-13-27/h8-11,15,19H,3-7,12-14,16H2,1-2H3,(H3,23,24,25,26)/t19-/m1/s1. The van der Waals surface area contributed by atoms with Gasteiger partial charge in [0.1, 0.15) is 5.82 Å². The van der Waals surface area contributed by atoms with Gasteiger partial charge in [-0.05, 0) is 49.9 Å². The third kappa shape index (κ3) is 5.93. The zero-order valence-electron chi connectivity index (χ0n) is 16.7. The van der Waals surface area contributed by atoms with Crippen LogP contribution in [0.4, 0.5) is 11.8 Å². The van der Waals surface area contributed by atoms with E-state index in [4.69, 9.17) is 5.73 Å². The zero-order valence-corrected chi connectivity index (χ0v) is 16.7. The van der Waals surface area contributed by atoms with E-state index in [0.29, 0.717) is 12.0 Å². The molecule has 0 radical (unpaired) electrons. The zero-order chi connectivity index (χ0) is 19.1. The average Bonchev–Trinajstić information content (AvgIpc) is 3.15. The molecule has 5 nitrogen and oxygen atoms in total. The lowest BCUT2D eigenvalue weighted by Gasteiger charge is -2.17. The number of anilines is 2. The minimum absolute atomic E-state index is 0.340. The number of nitrogens with one attached hydrogen (secondary N) is 1. The highest BCUT2D eigenvalue weighted by molar-refractivity contribution is 5.42. The van der Waals surface area contributed by atoms with Gasteiger partial charge in [0.15, 0.2) is 0 Å². The molecule has 0 bridgehead atoms. The predicted octanol–water partition coefficient (Wildman–Crippen LogP) is 4.24. The highest BCUT2D eigenvalue weighted by Gasteiger charge is 2.12. The largest absolute Gasteiger partial charge is 0.368 e. The van der Waals surface area contributed by atoms with Gasteiger partial charge in [-0.15, -0.1) is 0 Å². The topological polar surface area (TPSA) is 67.1 Å². The lowest BCUT2D eigenvalue weighted by atomic mass is 10.1. The van der Waals surface area contributed by atoms with Crippen LogP contribution in [0, 0.1) is 0 Å². The minimum atomic E-state index is 0.340. The molecule has 0 unspecified atom stereocenters. The fourth-order valence-corrected chi connectivity index (χ4v) is 3.79. The Morgan fingerprint density at radius 1 is 1.07 bits per heavy atom. The maximum absolute atomic E-state index is 5.95. The van der Waals surface area contributed by atoms with Crippen molar-refractivity contribution in [2.24, 2.45) is 0 Å². The lowest BCUT2D eigenvalue weighted by Crippen LogP contribution is -2.19. The Kier molecular flexibility index (Phi) is 7.04. The Labute approximate surface area is 163 Å². The summed E-state index contributed by atoms with van der Waals surface area (Å²) in [6.45, 7) is 7.92. The predicted molar refractivity (Wildman–Crippen MR) is 113 cm³/mol. The van der Waals surface area contributed by atoms with Crippen molar-refractivity contribution in [3.8, 4) is 0 Å². The summed E-state index contributed by atoms with van der Waals surface area (Å²) < 4.78 is 0.